The van der Waals surface area contributed by atoms with Crippen LogP contribution in [0, 0.1) is 5.82 Å². The summed E-state index contributed by atoms with van der Waals surface area (Å²) in [5, 5.41) is 2.72. The Bertz CT molecular complexity index is 783. The monoisotopic (exact) mass is 268 g/mol. The number of rotatable bonds is 0. The van der Waals surface area contributed by atoms with Gasteiger partial charge in [0, 0.05) is 34.8 Å². The second-order valence-corrected chi connectivity index (χ2v) is 4.67. The molecule has 1 aromatic heterocycles. The molecule has 1 aromatic carbocycles. The lowest BCUT2D eigenvalue weighted by molar-refractivity contribution is -0.110. The number of benzene rings is 1. The van der Waals surface area contributed by atoms with Gasteiger partial charge in [0.2, 0.25) is 0 Å². The van der Waals surface area contributed by atoms with E-state index in [9.17, 15) is 9.18 Å². The fourth-order valence-electron chi connectivity index (χ4n) is 2.56. The zero-order chi connectivity index (χ0) is 13.7. The van der Waals surface area contributed by atoms with Crippen LogP contribution >= 0.6 is 0 Å². The zero-order valence-corrected chi connectivity index (χ0v) is 10.3. The van der Waals surface area contributed by atoms with Crippen molar-refractivity contribution in [1.82, 2.24) is 4.98 Å². The first-order valence-corrected chi connectivity index (χ1v) is 6.15. The molecule has 2 aliphatic rings. The van der Waals surface area contributed by atoms with E-state index < -0.39 is 0 Å². The summed E-state index contributed by atoms with van der Waals surface area (Å²) in [7, 11) is 0. The minimum atomic E-state index is -0.383. The van der Waals surface area contributed by atoms with E-state index in [1.54, 1.807) is 24.5 Å². The lowest BCUT2D eigenvalue weighted by Crippen LogP contribution is -2.05. The van der Waals surface area contributed by atoms with Crippen LogP contribution in [-0.4, -0.2) is 10.9 Å². The maximum Gasteiger partial charge on any atom is 0.260 e. The number of carbonyl (C=O) groups is 1. The molecule has 0 bridgehead atoms. The molecule has 0 unspecified atom stereocenters. The Morgan fingerprint density at radius 3 is 3.05 bits per heavy atom. The third-order valence-electron chi connectivity index (χ3n) is 3.47. The van der Waals surface area contributed by atoms with E-state index in [-0.39, 0.29) is 11.7 Å². The molecule has 1 N–H and O–H groups in total. The summed E-state index contributed by atoms with van der Waals surface area (Å²) in [5.41, 5.74) is 3.28. The fraction of sp³-hybridized carbons (Fsp3) is 0.0667. The van der Waals surface area contributed by atoms with Gasteiger partial charge in [0.25, 0.3) is 5.91 Å². The SMILES string of the molecule is O=C1Nc2ccc(F)cc2C1=C1OCc2cnccc21. The molecule has 20 heavy (non-hydrogen) atoms. The molecule has 1 amide bonds. The number of aromatic nitrogens is 1. The molecule has 0 fully saturated rings. The average molecular weight is 268 g/mol. The summed E-state index contributed by atoms with van der Waals surface area (Å²) < 4.78 is 19.1. The lowest BCUT2D eigenvalue weighted by atomic mass is 10.0. The maximum atomic E-state index is 13.4. The van der Waals surface area contributed by atoms with Gasteiger partial charge in [-0.15, -0.1) is 0 Å². The highest BCUT2D eigenvalue weighted by molar-refractivity contribution is 6.36. The topological polar surface area (TPSA) is 51.2 Å². The van der Waals surface area contributed by atoms with Crippen LogP contribution in [0.5, 0.6) is 0 Å². The molecule has 0 radical (unpaired) electrons. The van der Waals surface area contributed by atoms with E-state index in [0.717, 1.165) is 11.1 Å². The number of ether oxygens (including phenoxy) is 1. The number of hydrogen-bond acceptors (Lipinski definition) is 3. The molecule has 3 heterocycles. The normalized spacial score (nSPS) is 19.4. The Balaban J connectivity index is 1.98. The van der Waals surface area contributed by atoms with Crippen LogP contribution in [0.4, 0.5) is 10.1 Å². The summed E-state index contributed by atoms with van der Waals surface area (Å²) >= 11 is 0. The van der Waals surface area contributed by atoms with Crippen molar-refractivity contribution < 1.29 is 13.9 Å². The third kappa shape index (κ3) is 1.46. The van der Waals surface area contributed by atoms with Crippen LogP contribution in [0.15, 0.2) is 36.7 Å². The van der Waals surface area contributed by atoms with E-state index in [0.29, 0.717) is 29.2 Å². The van der Waals surface area contributed by atoms with Gasteiger partial charge >= 0.3 is 0 Å². The Labute approximate surface area is 113 Å². The largest absolute Gasteiger partial charge is 0.487 e. The molecule has 2 aromatic rings. The van der Waals surface area contributed by atoms with Crippen LogP contribution in [-0.2, 0) is 16.1 Å². The number of nitrogens with one attached hydrogen (secondary N) is 1. The molecule has 0 spiro atoms. The number of halogens is 1. The number of carbonyl (C=O) groups excluding carboxylic acids is 1. The molecular weight excluding hydrogens is 259 g/mol. The van der Waals surface area contributed by atoms with Crippen molar-refractivity contribution in [3.63, 3.8) is 0 Å². The Kier molecular flexibility index (Phi) is 2.18. The molecule has 2 aliphatic heterocycles. The van der Waals surface area contributed by atoms with Crippen molar-refractivity contribution in [2.45, 2.75) is 6.61 Å². The number of amides is 1. The van der Waals surface area contributed by atoms with Gasteiger partial charge in [-0.05, 0) is 24.3 Å². The van der Waals surface area contributed by atoms with Gasteiger partial charge < -0.3 is 10.1 Å². The number of anilines is 1. The van der Waals surface area contributed by atoms with Gasteiger partial charge in [0.1, 0.15) is 18.2 Å². The van der Waals surface area contributed by atoms with Crippen molar-refractivity contribution in [1.29, 1.82) is 0 Å². The summed E-state index contributed by atoms with van der Waals surface area (Å²) in [6.45, 7) is 0.375. The second kappa shape index (κ2) is 3.90. The Hall–Kier alpha value is -2.69. The van der Waals surface area contributed by atoms with Crippen LogP contribution < -0.4 is 5.32 Å². The van der Waals surface area contributed by atoms with Crippen molar-refractivity contribution in [3.8, 4) is 0 Å². The summed E-state index contributed by atoms with van der Waals surface area (Å²) in [4.78, 5) is 16.2. The molecular formula is C15H9FN2O2. The lowest BCUT2D eigenvalue weighted by Gasteiger charge is -2.04. The van der Waals surface area contributed by atoms with E-state index in [1.807, 2.05) is 0 Å². The number of fused-ring (bicyclic) bond motifs is 2. The average Bonchev–Trinajstić information content (AvgIpc) is 2.99. The quantitative estimate of drug-likeness (QED) is 0.747. The molecule has 0 saturated carbocycles. The molecule has 0 saturated heterocycles. The van der Waals surface area contributed by atoms with Gasteiger partial charge in [0.05, 0.1) is 5.57 Å². The van der Waals surface area contributed by atoms with E-state index in [2.05, 4.69) is 10.3 Å². The van der Waals surface area contributed by atoms with Gasteiger partial charge in [-0.3, -0.25) is 9.78 Å². The predicted molar refractivity (Wildman–Crippen MR) is 70.9 cm³/mol. The molecule has 4 rings (SSSR count). The van der Waals surface area contributed by atoms with Crippen LogP contribution in [0.2, 0.25) is 0 Å². The Morgan fingerprint density at radius 2 is 2.15 bits per heavy atom. The van der Waals surface area contributed by atoms with E-state index in [4.69, 9.17) is 4.74 Å². The first kappa shape index (κ1) is 11.2. The first-order chi connectivity index (χ1) is 9.74. The minimum Gasteiger partial charge on any atom is -0.487 e. The van der Waals surface area contributed by atoms with Gasteiger partial charge in [-0.2, -0.15) is 0 Å². The smallest absolute Gasteiger partial charge is 0.260 e. The summed E-state index contributed by atoms with van der Waals surface area (Å²) in [6, 6.07) is 6.02. The summed E-state index contributed by atoms with van der Waals surface area (Å²) in [6.07, 6.45) is 3.36. The standard InChI is InChI=1S/C15H9FN2O2/c16-9-1-2-12-11(5-9)13(15(19)18-12)14-10-3-4-17-6-8(10)7-20-14/h1-6H,7H2,(H,18,19). The molecule has 0 aliphatic carbocycles. The highest BCUT2D eigenvalue weighted by Gasteiger charge is 2.32. The summed E-state index contributed by atoms with van der Waals surface area (Å²) in [5.74, 6) is -0.166. The fourth-order valence-corrected chi connectivity index (χ4v) is 2.56. The van der Waals surface area contributed by atoms with Gasteiger partial charge in [0.15, 0.2) is 0 Å². The van der Waals surface area contributed by atoms with Crippen molar-refractivity contribution in [2.75, 3.05) is 5.32 Å². The molecule has 98 valence electrons. The highest BCUT2D eigenvalue weighted by Crippen LogP contribution is 2.41. The van der Waals surface area contributed by atoms with Crippen molar-refractivity contribution in [3.05, 3.63) is 59.2 Å². The maximum absolute atomic E-state index is 13.4. The highest BCUT2D eigenvalue weighted by atomic mass is 19.1. The molecule has 4 nitrogen and oxygen atoms in total. The second-order valence-electron chi connectivity index (χ2n) is 4.67. The minimum absolute atomic E-state index is 0.273. The van der Waals surface area contributed by atoms with E-state index >= 15 is 0 Å². The van der Waals surface area contributed by atoms with Crippen molar-refractivity contribution in [2.24, 2.45) is 0 Å². The van der Waals surface area contributed by atoms with E-state index in [1.165, 1.54) is 12.1 Å². The zero-order valence-electron chi connectivity index (χ0n) is 10.3. The Morgan fingerprint density at radius 1 is 1.25 bits per heavy atom. The van der Waals surface area contributed by atoms with Crippen molar-refractivity contribution >= 4 is 22.9 Å². The predicted octanol–water partition coefficient (Wildman–Crippen LogP) is 2.57. The number of pyridine rings is 1. The van der Waals surface area contributed by atoms with Gasteiger partial charge in [-0.25, -0.2) is 4.39 Å². The van der Waals surface area contributed by atoms with Crippen LogP contribution in [0.3, 0.4) is 0 Å². The van der Waals surface area contributed by atoms with Crippen LogP contribution in [0.1, 0.15) is 16.7 Å². The third-order valence-corrected chi connectivity index (χ3v) is 3.47. The van der Waals surface area contributed by atoms with Crippen LogP contribution in [0.25, 0.3) is 11.3 Å². The molecule has 0 atom stereocenters. The molecule has 5 heteroatoms. The number of nitrogens with zero attached hydrogens (tertiary/aromatic N) is 1. The van der Waals surface area contributed by atoms with Gasteiger partial charge in [-0.1, -0.05) is 0 Å². The first-order valence-electron chi connectivity index (χ1n) is 6.15. The number of hydrogen-bond donors (Lipinski definition) is 1.